The molecule has 1 atom stereocenters. The van der Waals surface area contributed by atoms with Gasteiger partial charge < -0.3 is 14.8 Å². The Kier molecular flexibility index (Phi) is 2.77. The normalized spacial score (nSPS) is 19.2. The minimum absolute atomic E-state index is 0.0555. The number of aromatic amines is 1. The summed E-state index contributed by atoms with van der Waals surface area (Å²) < 4.78 is 0. The molecule has 3 heterocycles. The topological polar surface area (TPSA) is 39.3 Å². The van der Waals surface area contributed by atoms with Gasteiger partial charge in [-0.2, -0.15) is 0 Å². The average molecular weight is 338 g/mol. The highest BCUT2D eigenvalue weighted by atomic mass is 35.5. The molecule has 0 saturated heterocycles. The van der Waals surface area contributed by atoms with Crippen LogP contribution in [0.2, 0.25) is 5.02 Å². The van der Waals surface area contributed by atoms with Crippen molar-refractivity contribution in [2.75, 3.05) is 18.5 Å². The van der Waals surface area contributed by atoms with Gasteiger partial charge in [-0.1, -0.05) is 29.8 Å². The van der Waals surface area contributed by atoms with Crippen molar-refractivity contribution in [3.63, 3.8) is 0 Å². The number of amides is 1. The first-order chi connectivity index (χ1) is 11.6. The molecular formula is C19H16ClN3O. The van der Waals surface area contributed by atoms with Gasteiger partial charge in [-0.3, -0.25) is 4.79 Å². The lowest BCUT2D eigenvalue weighted by Gasteiger charge is -2.46. The molecule has 0 unspecified atom stereocenters. The molecule has 0 fully saturated rings. The molecule has 120 valence electrons. The molecule has 0 spiro atoms. The van der Waals surface area contributed by atoms with E-state index < -0.39 is 0 Å². The number of carbonyl (C=O) groups excluding carboxylic acids is 1. The minimum Gasteiger partial charge on any atom is -0.355 e. The van der Waals surface area contributed by atoms with E-state index in [4.69, 9.17) is 11.6 Å². The lowest BCUT2D eigenvalue weighted by atomic mass is 9.96. The van der Waals surface area contributed by atoms with Crippen LogP contribution in [0.1, 0.15) is 27.8 Å². The Morgan fingerprint density at radius 3 is 2.92 bits per heavy atom. The summed E-state index contributed by atoms with van der Waals surface area (Å²) in [5.74, 6) is 0.0555. The Hall–Kier alpha value is -2.46. The van der Waals surface area contributed by atoms with E-state index in [1.165, 1.54) is 10.9 Å². The van der Waals surface area contributed by atoms with Crippen LogP contribution in [0.4, 0.5) is 5.69 Å². The Labute approximate surface area is 144 Å². The van der Waals surface area contributed by atoms with E-state index in [2.05, 4.69) is 28.1 Å². The number of hydrogen-bond donors (Lipinski definition) is 1. The summed E-state index contributed by atoms with van der Waals surface area (Å²) in [5, 5.41) is 1.85. The summed E-state index contributed by atoms with van der Waals surface area (Å²) in [5.41, 5.74) is 5.19. The van der Waals surface area contributed by atoms with Gasteiger partial charge in [0.2, 0.25) is 0 Å². The van der Waals surface area contributed by atoms with Crippen LogP contribution in [0, 0.1) is 0 Å². The zero-order valence-electron chi connectivity index (χ0n) is 13.2. The van der Waals surface area contributed by atoms with Crippen molar-refractivity contribution >= 4 is 34.1 Å². The number of rotatable bonds is 0. The van der Waals surface area contributed by atoms with Crippen LogP contribution in [-0.2, 0) is 6.42 Å². The second-order valence-electron chi connectivity index (χ2n) is 6.46. The van der Waals surface area contributed by atoms with Gasteiger partial charge in [0.05, 0.1) is 16.9 Å². The van der Waals surface area contributed by atoms with Gasteiger partial charge in [-0.25, -0.2) is 0 Å². The second kappa shape index (κ2) is 4.77. The lowest BCUT2D eigenvalue weighted by Crippen LogP contribution is -2.51. The molecule has 2 aromatic carbocycles. The SMILES string of the molecule is CN1c2ccc(Cl)cc2C(=O)N2CCc3c([nH]c4ccccc34)[C@H]21. The number of aromatic nitrogens is 1. The van der Waals surface area contributed by atoms with E-state index in [1.54, 1.807) is 6.07 Å². The molecule has 24 heavy (non-hydrogen) atoms. The highest BCUT2D eigenvalue weighted by Gasteiger charge is 2.41. The van der Waals surface area contributed by atoms with Crippen molar-refractivity contribution in [1.82, 2.24) is 9.88 Å². The van der Waals surface area contributed by atoms with E-state index in [0.717, 1.165) is 23.3 Å². The van der Waals surface area contributed by atoms with Gasteiger partial charge in [0.1, 0.15) is 6.17 Å². The zero-order valence-corrected chi connectivity index (χ0v) is 14.0. The first-order valence-electron chi connectivity index (χ1n) is 8.08. The molecule has 1 N–H and O–H groups in total. The van der Waals surface area contributed by atoms with Gasteiger partial charge in [0, 0.05) is 29.5 Å². The van der Waals surface area contributed by atoms with Crippen LogP contribution in [-0.4, -0.2) is 29.4 Å². The highest BCUT2D eigenvalue weighted by Crippen LogP contribution is 2.43. The van der Waals surface area contributed by atoms with Crippen molar-refractivity contribution in [3.05, 3.63) is 64.3 Å². The van der Waals surface area contributed by atoms with Crippen LogP contribution < -0.4 is 4.90 Å². The Morgan fingerprint density at radius 1 is 1.21 bits per heavy atom. The third-order valence-corrected chi connectivity index (χ3v) is 5.43. The summed E-state index contributed by atoms with van der Waals surface area (Å²) >= 11 is 6.10. The Morgan fingerprint density at radius 2 is 2.04 bits per heavy atom. The fraction of sp³-hybridized carbons (Fsp3) is 0.211. The third-order valence-electron chi connectivity index (χ3n) is 5.20. The van der Waals surface area contributed by atoms with Gasteiger partial charge in [0.15, 0.2) is 0 Å². The third kappa shape index (κ3) is 1.72. The summed E-state index contributed by atoms with van der Waals surface area (Å²) in [6, 6.07) is 13.9. The maximum absolute atomic E-state index is 13.0. The molecule has 1 aromatic heterocycles. The van der Waals surface area contributed by atoms with Gasteiger partial charge in [0.25, 0.3) is 5.91 Å². The molecule has 0 bridgehead atoms. The number of nitrogens with zero attached hydrogens (tertiary/aromatic N) is 2. The highest BCUT2D eigenvalue weighted by molar-refractivity contribution is 6.31. The number of H-pyrrole nitrogens is 1. The molecule has 0 aliphatic carbocycles. The molecule has 2 aliphatic heterocycles. The van der Waals surface area contributed by atoms with E-state index in [9.17, 15) is 4.79 Å². The van der Waals surface area contributed by atoms with Crippen LogP contribution in [0.3, 0.4) is 0 Å². The fourth-order valence-electron chi connectivity index (χ4n) is 4.11. The van der Waals surface area contributed by atoms with Crippen LogP contribution in [0.15, 0.2) is 42.5 Å². The molecule has 2 aliphatic rings. The van der Waals surface area contributed by atoms with Gasteiger partial charge >= 0.3 is 0 Å². The maximum Gasteiger partial charge on any atom is 0.257 e. The molecule has 3 aromatic rings. The average Bonchev–Trinajstić information content (AvgIpc) is 2.97. The smallest absolute Gasteiger partial charge is 0.257 e. The number of halogens is 1. The van der Waals surface area contributed by atoms with Crippen molar-refractivity contribution in [2.24, 2.45) is 0 Å². The number of fused-ring (bicyclic) bond motifs is 6. The number of anilines is 1. The van der Waals surface area contributed by atoms with Crippen molar-refractivity contribution < 1.29 is 4.79 Å². The Bertz CT molecular complexity index is 993. The van der Waals surface area contributed by atoms with E-state index in [-0.39, 0.29) is 12.1 Å². The zero-order chi connectivity index (χ0) is 16.4. The molecule has 1 amide bonds. The van der Waals surface area contributed by atoms with E-state index in [1.807, 2.05) is 30.1 Å². The van der Waals surface area contributed by atoms with Crippen molar-refractivity contribution in [2.45, 2.75) is 12.6 Å². The van der Waals surface area contributed by atoms with Crippen molar-refractivity contribution in [3.8, 4) is 0 Å². The lowest BCUT2D eigenvalue weighted by molar-refractivity contribution is 0.0634. The molecular weight excluding hydrogens is 322 g/mol. The quantitative estimate of drug-likeness (QED) is 0.674. The van der Waals surface area contributed by atoms with E-state index >= 15 is 0 Å². The van der Waals surface area contributed by atoms with Crippen LogP contribution >= 0.6 is 11.6 Å². The van der Waals surface area contributed by atoms with Gasteiger partial charge in [-0.15, -0.1) is 0 Å². The fourth-order valence-corrected chi connectivity index (χ4v) is 4.28. The summed E-state index contributed by atoms with van der Waals surface area (Å²) in [7, 11) is 2.04. The van der Waals surface area contributed by atoms with E-state index in [0.29, 0.717) is 17.1 Å². The number of carbonyl (C=O) groups is 1. The largest absolute Gasteiger partial charge is 0.355 e. The maximum atomic E-state index is 13.0. The summed E-state index contributed by atoms with van der Waals surface area (Å²) in [6.45, 7) is 0.717. The number of para-hydroxylation sites is 1. The molecule has 5 heteroatoms. The number of hydrogen-bond acceptors (Lipinski definition) is 2. The predicted octanol–water partition coefficient (Wildman–Crippen LogP) is 3.97. The number of benzene rings is 2. The summed E-state index contributed by atoms with van der Waals surface area (Å²) in [4.78, 5) is 20.7. The molecule has 0 saturated carbocycles. The van der Waals surface area contributed by atoms with Crippen LogP contribution in [0.25, 0.3) is 10.9 Å². The van der Waals surface area contributed by atoms with Crippen molar-refractivity contribution in [1.29, 1.82) is 0 Å². The summed E-state index contributed by atoms with van der Waals surface area (Å²) in [6.07, 6.45) is 0.771. The molecule has 4 nitrogen and oxygen atoms in total. The number of nitrogens with one attached hydrogen (secondary N) is 1. The predicted molar refractivity (Wildman–Crippen MR) is 95.6 cm³/mol. The van der Waals surface area contributed by atoms with Gasteiger partial charge in [-0.05, 0) is 36.2 Å². The van der Waals surface area contributed by atoms with Crippen LogP contribution in [0.5, 0.6) is 0 Å². The molecule has 5 rings (SSSR count). The second-order valence-corrected chi connectivity index (χ2v) is 6.89. The monoisotopic (exact) mass is 337 g/mol. The minimum atomic E-state index is -0.0951. The first-order valence-corrected chi connectivity index (χ1v) is 8.46. The first kappa shape index (κ1) is 13.9. The standard InChI is InChI=1S/C19H16ClN3O/c1-22-16-7-6-11(20)10-14(16)19(24)23-9-8-13-12-4-2-3-5-15(12)21-17(13)18(22)23/h2-7,10,18,21H,8-9H2,1H3/t18-/m0/s1. The Balaban J connectivity index is 1.73. The molecule has 0 radical (unpaired) electrons.